The SMILES string of the molecule is CC(=N)N(N=N)c1ccc(F)cc1.CN. The van der Waals surface area contributed by atoms with E-state index in [1.165, 1.54) is 38.2 Å². The van der Waals surface area contributed by atoms with Gasteiger partial charge in [0.15, 0.2) is 0 Å². The molecule has 4 N–H and O–H groups in total. The van der Waals surface area contributed by atoms with Crippen molar-refractivity contribution in [2.75, 3.05) is 12.1 Å². The molecule has 0 aliphatic heterocycles. The van der Waals surface area contributed by atoms with E-state index in [9.17, 15) is 4.39 Å². The van der Waals surface area contributed by atoms with Crippen LogP contribution in [-0.2, 0) is 0 Å². The molecule has 1 rings (SSSR count). The largest absolute Gasteiger partial charge is 0.333 e. The lowest BCUT2D eigenvalue weighted by Gasteiger charge is -2.14. The zero-order valence-electron chi connectivity index (χ0n) is 8.66. The van der Waals surface area contributed by atoms with E-state index in [4.69, 9.17) is 10.9 Å². The Morgan fingerprint density at radius 2 is 1.80 bits per heavy atom. The molecule has 0 aliphatic rings. The van der Waals surface area contributed by atoms with Crippen LogP contribution in [0.2, 0.25) is 0 Å². The molecule has 0 aromatic heterocycles. The molecule has 15 heavy (non-hydrogen) atoms. The molecule has 0 saturated heterocycles. The summed E-state index contributed by atoms with van der Waals surface area (Å²) in [4.78, 5) is 0. The number of nitrogens with zero attached hydrogens (tertiary/aromatic N) is 2. The highest BCUT2D eigenvalue weighted by molar-refractivity contribution is 5.92. The minimum Gasteiger partial charge on any atom is -0.333 e. The summed E-state index contributed by atoms with van der Waals surface area (Å²) in [5, 5.41) is 11.5. The van der Waals surface area contributed by atoms with Crippen molar-refractivity contribution in [2.24, 2.45) is 11.0 Å². The molecule has 1 aromatic carbocycles. The summed E-state index contributed by atoms with van der Waals surface area (Å²) in [5.74, 6) is -0.238. The van der Waals surface area contributed by atoms with Crippen LogP contribution in [0.5, 0.6) is 0 Å². The van der Waals surface area contributed by atoms with Gasteiger partial charge in [-0.25, -0.2) is 9.40 Å². The maximum atomic E-state index is 12.5. The third kappa shape index (κ3) is 3.82. The van der Waals surface area contributed by atoms with Crippen LogP contribution in [0.4, 0.5) is 10.1 Å². The monoisotopic (exact) mass is 211 g/mol. The fraction of sp³-hybridized carbons (Fsp3) is 0.222. The normalized spacial score (nSPS) is 8.53. The van der Waals surface area contributed by atoms with Crippen molar-refractivity contribution in [3.8, 4) is 0 Å². The van der Waals surface area contributed by atoms with Crippen molar-refractivity contribution < 1.29 is 4.39 Å². The van der Waals surface area contributed by atoms with E-state index in [1.807, 2.05) is 0 Å². The van der Waals surface area contributed by atoms with Crippen LogP contribution in [0.3, 0.4) is 0 Å². The summed E-state index contributed by atoms with van der Waals surface area (Å²) in [6, 6.07) is 5.45. The van der Waals surface area contributed by atoms with Crippen LogP contribution < -0.4 is 10.7 Å². The van der Waals surface area contributed by atoms with E-state index in [0.29, 0.717) is 5.69 Å². The topological polar surface area (TPSA) is 89.3 Å². The highest BCUT2D eigenvalue weighted by Gasteiger charge is 2.06. The quantitative estimate of drug-likeness (QED) is 0.303. The smallest absolute Gasteiger partial charge is 0.123 e. The molecule has 0 saturated carbocycles. The van der Waals surface area contributed by atoms with E-state index < -0.39 is 0 Å². The third-order valence-electron chi connectivity index (χ3n) is 1.49. The summed E-state index contributed by atoms with van der Waals surface area (Å²) < 4.78 is 12.5. The lowest BCUT2D eigenvalue weighted by Crippen LogP contribution is -2.20. The van der Waals surface area contributed by atoms with Gasteiger partial charge in [-0.3, -0.25) is 5.41 Å². The number of anilines is 1. The average Bonchev–Trinajstić information content (AvgIpc) is 2.24. The number of halogens is 1. The van der Waals surface area contributed by atoms with Gasteiger partial charge in [-0.2, -0.15) is 5.53 Å². The molecule has 0 spiro atoms. The van der Waals surface area contributed by atoms with E-state index in [-0.39, 0.29) is 11.7 Å². The van der Waals surface area contributed by atoms with E-state index >= 15 is 0 Å². The molecule has 0 heterocycles. The van der Waals surface area contributed by atoms with Gasteiger partial charge in [0.05, 0.1) is 5.69 Å². The van der Waals surface area contributed by atoms with Crippen molar-refractivity contribution in [1.82, 2.24) is 0 Å². The molecular formula is C9H14FN5. The summed E-state index contributed by atoms with van der Waals surface area (Å²) in [6.07, 6.45) is 0. The van der Waals surface area contributed by atoms with E-state index in [2.05, 4.69) is 11.0 Å². The Morgan fingerprint density at radius 1 is 1.33 bits per heavy atom. The molecule has 1 aromatic rings. The highest BCUT2D eigenvalue weighted by atomic mass is 19.1. The Balaban J connectivity index is 0.000000921. The van der Waals surface area contributed by atoms with Crippen LogP contribution in [0.15, 0.2) is 29.5 Å². The lowest BCUT2D eigenvalue weighted by atomic mass is 10.3. The minimum absolute atomic E-state index is 0.113. The van der Waals surface area contributed by atoms with Gasteiger partial charge in [0.2, 0.25) is 0 Å². The zero-order chi connectivity index (χ0) is 11.8. The lowest BCUT2D eigenvalue weighted by molar-refractivity contribution is 0.627. The van der Waals surface area contributed by atoms with Crippen LogP contribution in [0.1, 0.15) is 6.92 Å². The van der Waals surface area contributed by atoms with Gasteiger partial charge in [0, 0.05) is 0 Å². The number of nitrogens with one attached hydrogen (secondary N) is 2. The van der Waals surface area contributed by atoms with E-state index in [1.54, 1.807) is 0 Å². The fourth-order valence-electron chi connectivity index (χ4n) is 0.909. The van der Waals surface area contributed by atoms with Crippen molar-refractivity contribution in [1.29, 1.82) is 10.9 Å². The van der Waals surface area contributed by atoms with Gasteiger partial charge in [-0.15, -0.1) is 0 Å². The first-order chi connectivity index (χ1) is 7.15. The first-order valence-corrected chi connectivity index (χ1v) is 4.21. The molecular weight excluding hydrogens is 197 g/mol. The molecule has 0 radical (unpaired) electrons. The van der Waals surface area contributed by atoms with Crippen LogP contribution in [-0.4, -0.2) is 12.9 Å². The first kappa shape index (κ1) is 13.2. The maximum Gasteiger partial charge on any atom is 0.123 e. The van der Waals surface area contributed by atoms with Crippen molar-refractivity contribution in [3.63, 3.8) is 0 Å². The minimum atomic E-state index is -0.351. The van der Waals surface area contributed by atoms with Crippen LogP contribution >= 0.6 is 0 Å². The second-order valence-electron chi connectivity index (χ2n) is 2.47. The zero-order valence-corrected chi connectivity index (χ0v) is 8.66. The molecule has 0 fully saturated rings. The molecule has 0 amide bonds. The van der Waals surface area contributed by atoms with Gasteiger partial charge in [-0.1, -0.05) is 5.22 Å². The Kier molecular flexibility index (Phi) is 5.81. The summed E-state index contributed by atoms with van der Waals surface area (Å²) >= 11 is 0. The van der Waals surface area contributed by atoms with Crippen molar-refractivity contribution >= 4 is 11.5 Å². The summed E-state index contributed by atoms with van der Waals surface area (Å²) in [6.45, 7) is 1.50. The van der Waals surface area contributed by atoms with Crippen LogP contribution in [0.25, 0.3) is 0 Å². The van der Waals surface area contributed by atoms with Crippen molar-refractivity contribution in [2.45, 2.75) is 6.92 Å². The number of nitrogens with two attached hydrogens (primary N) is 1. The number of benzene rings is 1. The second-order valence-corrected chi connectivity index (χ2v) is 2.47. The van der Waals surface area contributed by atoms with E-state index in [0.717, 1.165) is 5.01 Å². The maximum absolute atomic E-state index is 12.5. The van der Waals surface area contributed by atoms with Crippen LogP contribution in [0, 0.1) is 16.8 Å². The van der Waals surface area contributed by atoms with Gasteiger partial charge in [0.1, 0.15) is 11.7 Å². The van der Waals surface area contributed by atoms with Gasteiger partial charge in [-0.05, 0) is 38.2 Å². The predicted octanol–water partition coefficient (Wildman–Crippen LogP) is 2.15. The Bertz CT molecular complexity index is 322. The molecule has 6 heteroatoms. The molecule has 5 nitrogen and oxygen atoms in total. The highest BCUT2D eigenvalue weighted by Crippen LogP contribution is 2.14. The first-order valence-electron chi connectivity index (χ1n) is 4.21. The van der Waals surface area contributed by atoms with Gasteiger partial charge < -0.3 is 5.73 Å². The third-order valence-corrected chi connectivity index (χ3v) is 1.49. The number of hydrogen-bond acceptors (Lipinski definition) is 4. The standard InChI is InChI=1S/C8H9FN4.CH5N/c1-6(10)13(12-11)8-4-2-7(9)3-5-8;1-2/h2-5,10-11H,1H3;2H2,1H3. The Labute approximate surface area is 87.7 Å². The van der Waals surface area contributed by atoms with Gasteiger partial charge in [0.25, 0.3) is 0 Å². The molecule has 82 valence electrons. The molecule has 0 bridgehead atoms. The number of hydrogen-bond donors (Lipinski definition) is 3. The molecule has 0 atom stereocenters. The fourth-order valence-corrected chi connectivity index (χ4v) is 0.909. The Morgan fingerprint density at radius 3 is 2.13 bits per heavy atom. The Hall–Kier alpha value is -1.82. The number of rotatable bonds is 2. The van der Waals surface area contributed by atoms with Gasteiger partial charge >= 0.3 is 0 Å². The summed E-state index contributed by atoms with van der Waals surface area (Å²) in [5.41, 5.74) is 11.8. The van der Waals surface area contributed by atoms with Crippen molar-refractivity contribution in [3.05, 3.63) is 30.1 Å². The molecule has 0 unspecified atom stereocenters. The second kappa shape index (κ2) is 6.61. The molecule has 0 aliphatic carbocycles. The summed E-state index contributed by atoms with van der Waals surface area (Å²) in [7, 11) is 1.50. The predicted molar refractivity (Wildman–Crippen MR) is 57.5 cm³/mol. The average molecular weight is 211 g/mol. The number of amidine groups is 1.